The van der Waals surface area contributed by atoms with Crippen LogP contribution >= 0.6 is 23.2 Å². The Balaban J connectivity index is 1.52. The number of nitrogens with two attached hydrogens (primary N) is 1. The summed E-state index contributed by atoms with van der Waals surface area (Å²) in [6.45, 7) is 0.310. The molecule has 1 heterocycles. The fourth-order valence-electron chi connectivity index (χ4n) is 4.63. The number of ether oxygens (including phenoxy) is 1. The first kappa shape index (κ1) is 27.3. The number of aromatic nitrogens is 1. The lowest BCUT2D eigenvalue weighted by Gasteiger charge is -2.37. The molecule has 3 N–H and O–H groups in total. The van der Waals surface area contributed by atoms with Crippen LogP contribution in [0.15, 0.2) is 42.7 Å². The molecule has 35 heavy (non-hydrogen) atoms. The Morgan fingerprint density at radius 1 is 1.17 bits per heavy atom. The van der Waals surface area contributed by atoms with E-state index in [1.54, 1.807) is 18.3 Å². The number of benzene rings is 1. The molecule has 1 aromatic carbocycles. The molecule has 6 nitrogen and oxygen atoms in total. The van der Waals surface area contributed by atoms with Crippen LogP contribution in [0.25, 0.3) is 0 Å². The van der Waals surface area contributed by atoms with Crippen molar-refractivity contribution in [3.05, 3.63) is 59.4 Å². The Hall–Kier alpha value is -2.31. The Morgan fingerprint density at radius 2 is 1.97 bits per heavy atom. The molecule has 1 aliphatic rings. The Morgan fingerprint density at radius 3 is 2.63 bits per heavy atom. The normalized spacial score (nSPS) is 15.8. The van der Waals surface area contributed by atoms with Gasteiger partial charge in [0.2, 0.25) is 0 Å². The molecule has 2 aromatic rings. The van der Waals surface area contributed by atoms with E-state index in [1.165, 1.54) is 6.20 Å². The fraction of sp³-hybridized carbons (Fsp3) is 0.519. The maximum atomic E-state index is 12.8. The van der Waals surface area contributed by atoms with Gasteiger partial charge >= 0.3 is 5.97 Å². The summed E-state index contributed by atoms with van der Waals surface area (Å²) in [5, 5.41) is 2.94. The van der Waals surface area contributed by atoms with E-state index < -0.39 is 5.60 Å². The SMILES string of the molecule is Nc1cc(C(CCl)CCCl)ccc1CCCC(=O)OC1(CNC(=O)c2cccnc2)CCCCC1. The molecule has 1 aromatic heterocycles. The lowest BCUT2D eigenvalue weighted by molar-refractivity contribution is -0.162. The van der Waals surface area contributed by atoms with Crippen LogP contribution in [0, 0.1) is 0 Å². The zero-order valence-corrected chi connectivity index (χ0v) is 21.6. The maximum absolute atomic E-state index is 12.8. The van der Waals surface area contributed by atoms with Crippen molar-refractivity contribution in [2.24, 2.45) is 0 Å². The predicted octanol–water partition coefficient (Wildman–Crippen LogP) is 5.61. The number of anilines is 1. The minimum Gasteiger partial charge on any atom is -0.457 e. The molecule has 1 aliphatic carbocycles. The van der Waals surface area contributed by atoms with Crippen molar-refractivity contribution in [3.8, 4) is 0 Å². The Bertz CT molecular complexity index is 965. The molecule has 0 bridgehead atoms. The first-order chi connectivity index (χ1) is 17.0. The van der Waals surface area contributed by atoms with Crippen molar-refractivity contribution in [1.29, 1.82) is 0 Å². The lowest BCUT2D eigenvalue weighted by atomic mass is 9.84. The number of carbonyl (C=O) groups is 2. The minimum atomic E-state index is -0.646. The molecular weight excluding hydrogens is 485 g/mol. The van der Waals surface area contributed by atoms with Crippen LogP contribution in [0.5, 0.6) is 0 Å². The number of nitrogen functional groups attached to an aromatic ring is 1. The molecule has 1 unspecified atom stereocenters. The topological polar surface area (TPSA) is 94.3 Å². The van der Waals surface area contributed by atoms with Crippen LogP contribution in [-0.4, -0.2) is 40.8 Å². The highest BCUT2D eigenvalue weighted by Crippen LogP contribution is 2.32. The van der Waals surface area contributed by atoms with Crippen molar-refractivity contribution in [2.45, 2.75) is 69.3 Å². The van der Waals surface area contributed by atoms with Gasteiger partial charge in [-0.3, -0.25) is 14.6 Å². The largest absolute Gasteiger partial charge is 0.457 e. The smallest absolute Gasteiger partial charge is 0.306 e. The summed E-state index contributed by atoms with van der Waals surface area (Å²) in [5.41, 5.74) is 8.94. The third-order valence-corrected chi connectivity index (χ3v) is 7.29. The van der Waals surface area contributed by atoms with Gasteiger partial charge in [-0.05, 0) is 80.2 Å². The van der Waals surface area contributed by atoms with E-state index in [9.17, 15) is 9.59 Å². The van der Waals surface area contributed by atoms with Crippen LogP contribution in [0.2, 0.25) is 0 Å². The number of hydrogen-bond donors (Lipinski definition) is 2. The molecule has 0 aliphatic heterocycles. The van der Waals surface area contributed by atoms with Gasteiger partial charge in [0.1, 0.15) is 5.60 Å². The average molecular weight is 521 g/mol. The van der Waals surface area contributed by atoms with E-state index in [1.807, 2.05) is 18.2 Å². The molecule has 1 saturated carbocycles. The van der Waals surface area contributed by atoms with E-state index in [4.69, 9.17) is 33.7 Å². The van der Waals surface area contributed by atoms with Gasteiger partial charge in [-0.15, -0.1) is 23.2 Å². The number of esters is 1. The first-order valence-corrected chi connectivity index (χ1v) is 13.4. The standard InChI is InChI=1S/C27H35Cl2N3O3/c28-14-11-22(17-29)21-10-9-20(24(30)16-21)6-4-8-25(33)35-27(12-2-1-3-13-27)19-32-26(34)23-7-5-15-31-18-23/h5,7,9-10,15-16,18,22H,1-4,6,8,11-14,17,19,30H2,(H,32,34). The second kappa shape index (κ2) is 13.7. The molecule has 1 fully saturated rings. The number of aryl methyl sites for hydroxylation is 1. The van der Waals surface area contributed by atoms with Gasteiger partial charge in [0, 0.05) is 36.3 Å². The Kier molecular flexibility index (Phi) is 10.7. The zero-order valence-electron chi connectivity index (χ0n) is 20.1. The van der Waals surface area contributed by atoms with E-state index in [2.05, 4.69) is 10.3 Å². The van der Waals surface area contributed by atoms with Crippen molar-refractivity contribution >= 4 is 40.8 Å². The predicted molar refractivity (Wildman–Crippen MR) is 141 cm³/mol. The molecule has 8 heteroatoms. The summed E-state index contributed by atoms with van der Waals surface area (Å²) in [4.78, 5) is 29.2. The van der Waals surface area contributed by atoms with E-state index in [0.717, 1.165) is 49.7 Å². The summed E-state index contributed by atoms with van der Waals surface area (Å²) < 4.78 is 6.00. The van der Waals surface area contributed by atoms with Crippen molar-refractivity contribution in [1.82, 2.24) is 10.3 Å². The number of carbonyl (C=O) groups excluding carboxylic acids is 2. The van der Waals surface area contributed by atoms with Gasteiger partial charge in [-0.2, -0.15) is 0 Å². The van der Waals surface area contributed by atoms with Gasteiger partial charge in [0.05, 0.1) is 12.1 Å². The third kappa shape index (κ3) is 8.11. The quantitative estimate of drug-likeness (QED) is 0.215. The van der Waals surface area contributed by atoms with Crippen molar-refractivity contribution in [3.63, 3.8) is 0 Å². The van der Waals surface area contributed by atoms with Gasteiger partial charge in [-0.25, -0.2) is 0 Å². The first-order valence-electron chi connectivity index (χ1n) is 12.4. The summed E-state index contributed by atoms with van der Waals surface area (Å²) in [6, 6.07) is 9.47. The number of amides is 1. The minimum absolute atomic E-state index is 0.186. The molecule has 0 spiro atoms. The highest BCUT2D eigenvalue weighted by atomic mass is 35.5. The van der Waals surface area contributed by atoms with Gasteiger partial charge in [0.25, 0.3) is 5.91 Å². The van der Waals surface area contributed by atoms with E-state index in [0.29, 0.717) is 48.8 Å². The number of nitrogens with zero attached hydrogens (tertiary/aromatic N) is 1. The van der Waals surface area contributed by atoms with Gasteiger partial charge in [-0.1, -0.05) is 18.6 Å². The molecule has 1 amide bonds. The van der Waals surface area contributed by atoms with Crippen molar-refractivity contribution < 1.29 is 14.3 Å². The molecule has 1 atom stereocenters. The maximum Gasteiger partial charge on any atom is 0.306 e. The highest BCUT2D eigenvalue weighted by Gasteiger charge is 2.36. The summed E-state index contributed by atoms with van der Waals surface area (Å²) >= 11 is 12.0. The zero-order chi connectivity index (χ0) is 25.1. The number of halogens is 2. The third-order valence-electron chi connectivity index (χ3n) is 6.70. The van der Waals surface area contributed by atoms with E-state index >= 15 is 0 Å². The van der Waals surface area contributed by atoms with Gasteiger partial charge in [0.15, 0.2) is 0 Å². The Labute approximate surface area is 217 Å². The summed E-state index contributed by atoms with van der Waals surface area (Å²) in [5.74, 6) is 0.797. The van der Waals surface area contributed by atoms with Crippen LogP contribution < -0.4 is 11.1 Å². The fourth-order valence-corrected chi connectivity index (χ4v) is 5.22. The number of alkyl halides is 2. The second-order valence-corrected chi connectivity index (χ2v) is 9.97. The highest BCUT2D eigenvalue weighted by molar-refractivity contribution is 6.19. The molecule has 0 saturated heterocycles. The number of rotatable bonds is 12. The van der Waals surface area contributed by atoms with E-state index in [-0.39, 0.29) is 17.8 Å². The van der Waals surface area contributed by atoms with Crippen LogP contribution in [0.4, 0.5) is 5.69 Å². The average Bonchev–Trinajstić information content (AvgIpc) is 2.88. The summed E-state index contributed by atoms with van der Waals surface area (Å²) in [7, 11) is 0. The molecular formula is C27H35Cl2N3O3. The monoisotopic (exact) mass is 519 g/mol. The molecule has 190 valence electrons. The number of hydrogen-bond acceptors (Lipinski definition) is 5. The van der Waals surface area contributed by atoms with Crippen LogP contribution in [0.3, 0.4) is 0 Å². The van der Waals surface area contributed by atoms with Crippen LogP contribution in [0.1, 0.15) is 78.8 Å². The number of nitrogens with one attached hydrogen (secondary N) is 1. The molecule has 3 rings (SSSR count). The van der Waals surface area contributed by atoms with Crippen LogP contribution in [-0.2, 0) is 16.0 Å². The summed E-state index contributed by atoms with van der Waals surface area (Å²) in [6.07, 6.45) is 10.2. The lowest BCUT2D eigenvalue weighted by Crippen LogP contribution is -2.47. The number of pyridine rings is 1. The second-order valence-electron chi connectivity index (χ2n) is 9.28. The van der Waals surface area contributed by atoms with Gasteiger partial charge < -0.3 is 15.8 Å². The van der Waals surface area contributed by atoms with Crippen molar-refractivity contribution in [2.75, 3.05) is 24.0 Å². The molecule has 0 radical (unpaired) electrons.